The summed E-state index contributed by atoms with van der Waals surface area (Å²) in [7, 11) is 1.90. The minimum atomic E-state index is 0.226. The number of ether oxygens (including phenoxy) is 1. The van der Waals surface area contributed by atoms with E-state index < -0.39 is 0 Å². The molecular weight excluding hydrogens is 322 g/mol. The summed E-state index contributed by atoms with van der Waals surface area (Å²) in [6, 6.07) is 5.91. The summed E-state index contributed by atoms with van der Waals surface area (Å²) in [5.74, 6) is 2.24. The number of rotatable bonds is 6. The number of nitrogens with zero attached hydrogens (tertiary/aromatic N) is 2. The summed E-state index contributed by atoms with van der Waals surface area (Å²) in [4.78, 5) is 4.29. The smallest absolute Gasteiger partial charge is 0.229 e. The Hall–Kier alpha value is -1.40. The lowest BCUT2D eigenvalue weighted by Crippen LogP contribution is -2.08. The number of halogens is 1. The fraction of sp³-hybridized carbons (Fsp3) is 0.429. The van der Waals surface area contributed by atoms with E-state index in [1.807, 2.05) is 39.1 Å². The lowest BCUT2D eigenvalue weighted by Gasteiger charge is -2.10. The molecule has 0 radical (unpaired) electrons. The molecule has 0 atom stereocenters. The molecule has 0 saturated heterocycles. The van der Waals surface area contributed by atoms with Gasteiger partial charge in [0.05, 0.1) is 0 Å². The van der Waals surface area contributed by atoms with E-state index in [1.165, 1.54) is 0 Å². The lowest BCUT2D eigenvalue weighted by atomic mass is 10.2. The molecule has 0 amide bonds. The van der Waals surface area contributed by atoms with E-state index >= 15 is 0 Å². The molecule has 0 spiro atoms. The van der Waals surface area contributed by atoms with Crippen molar-refractivity contribution in [1.82, 2.24) is 15.5 Å². The van der Waals surface area contributed by atoms with Crippen LogP contribution in [0, 0.1) is 0 Å². The minimum Gasteiger partial charge on any atom is -0.485 e. The zero-order valence-electron chi connectivity index (χ0n) is 11.8. The molecule has 0 aliphatic rings. The van der Waals surface area contributed by atoms with Gasteiger partial charge in [-0.1, -0.05) is 34.9 Å². The maximum atomic E-state index is 5.78. The first kappa shape index (κ1) is 15.0. The van der Waals surface area contributed by atoms with Crippen LogP contribution in [0.25, 0.3) is 0 Å². The number of aromatic nitrogens is 2. The van der Waals surface area contributed by atoms with Gasteiger partial charge in [-0.15, -0.1) is 0 Å². The molecule has 1 aromatic heterocycles. The van der Waals surface area contributed by atoms with Crippen molar-refractivity contribution in [3.63, 3.8) is 0 Å². The molecule has 108 valence electrons. The van der Waals surface area contributed by atoms with Gasteiger partial charge in [0.1, 0.15) is 5.75 Å². The van der Waals surface area contributed by atoms with Gasteiger partial charge in [-0.3, -0.25) is 0 Å². The highest BCUT2D eigenvalue weighted by Gasteiger charge is 2.11. The second-order valence-electron chi connectivity index (χ2n) is 4.77. The van der Waals surface area contributed by atoms with Crippen molar-refractivity contribution in [1.29, 1.82) is 0 Å². The number of benzene rings is 1. The van der Waals surface area contributed by atoms with Crippen LogP contribution < -0.4 is 10.1 Å². The fourth-order valence-electron chi connectivity index (χ4n) is 1.72. The first-order valence-electron chi connectivity index (χ1n) is 6.48. The standard InChI is InChI=1S/C14H18BrN3O2/c1-9(2)14-17-13(18-20-14)8-19-12-5-4-11(15)6-10(12)7-16-3/h4-6,9,16H,7-8H2,1-3H3. The van der Waals surface area contributed by atoms with E-state index in [9.17, 15) is 0 Å². The Kier molecular flexibility index (Phi) is 5.14. The number of hydrogen-bond donors (Lipinski definition) is 1. The molecule has 0 unspecified atom stereocenters. The van der Waals surface area contributed by atoms with E-state index in [0.717, 1.165) is 22.3 Å². The predicted molar refractivity (Wildman–Crippen MR) is 79.6 cm³/mol. The third-order valence-electron chi connectivity index (χ3n) is 2.72. The molecular formula is C14H18BrN3O2. The van der Waals surface area contributed by atoms with Crippen LogP contribution in [0.1, 0.15) is 37.0 Å². The third kappa shape index (κ3) is 3.80. The quantitative estimate of drug-likeness (QED) is 0.875. The monoisotopic (exact) mass is 339 g/mol. The average Bonchev–Trinajstić information content (AvgIpc) is 2.87. The van der Waals surface area contributed by atoms with Crippen LogP contribution >= 0.6 is 15.9 Å². The molecule has 0 aliphatic carbocycles. The lowest BCUT2D eigenvalue weighted by molar-refractivity contribution is 0.281. The third-order valence-corrected chi connectivity index (χ3v) is 3.22. The average molecular weight is 340 g/mol. The van der Waals surface area contributed by atoms with Gasteiger partial charge in [-0.05, 0) is 25.2 Å². The summed E-state index contributed by atoms with van der Waals surface area (Å²) in [5.41, 5.74) is 1.08. The van der Waals surface area contributed by atoms with Crippen LogP contribution in [0.5, 0.6) is 5.75 Å². The molecule has 0 aliphatic heterocycles. The van der Waals surface area contributed by atoms with Crippen molar-refractivity contribution in [2.45, 2.75) is 32.9 Å². The van der Waals surface area contributed by atoms with E-state index in [2.05, 4.69) is 31.4 Å². The highest BCUT2D eigenvalue weighted by Crippen LogP contribution is 2.24. The van der Waals surface area contributed by atoms with Crippen LogP contribution in [0.15, 0.2) is 27.2 Å². The zero-order chi connectivity index (χ0) is 14.5. The molecule has 6 heteroatoms. The van der Waals surface area contributed by atoms with Gasteiger partial charge in [0.2, 0.25) is 11.7 Å². The first-order valence-corrected chi connectivity index (χ1v) is 7.27. The molecule has 2 rings (SSSR count). The Bertz CT molecular complexity index is 569. The van der Waals surface area contributed by atoms with Crippen molar-refractivity contribution in [2.24, 2.45) is 0 Å². The normalized spacial score (nSPS) is 11.1. The summed E-state index contributed by atoms with van der Waals surface area (Å²) < 4.78 is 12.0. The Balaban J connectivity index is 2.06. The summed E-state index contributed by atoms with van der Waals surface area (Å²) in [5, 5.41) is 7.03. The molecule has 0 saturated carbocycles. The molecule has 1 aromatic carbocycles. The highest BCUT2D eigenvalue weighted by atomic mass is 79.9. The Labute approximate surface area is 126 Å². The van der Waals surface area contributed by atoms with Crippen LogP contribution in [0.3, 0.4) is 0 Å². The SMILES string of the molecule is CNCc1cc(Br)ccc1OCc1noc(C(C)C)n1. The van der Waals surface area contributed by atoms with Gasteiger partial charge < -0.3 is 14.6 Å². The summed E-state index contributed by atoms with van der Waals surface area (Å²) in [6.07, 6.45) is 0. The molecule has 0 fully saturated rings. The highest BCUT2D eigenvalue weighted by molar-refractivity contribution is 9.10. The Morgan fingerprint density at radius 1 is 1.40 bits per heavy atom. The molecule has 1 N–H and O–H groups in total. The molecule has 5 nitrogen and oxygen atoms in total. The second kappa shape index (κ2) is 6.85. The fourth-order valence-corrected chi connectivity index (χ4v) is 2.13. The minimum absolute atomic E-state index is 0.226. The van der Waals surface area contributed by atoms with Crippen LogP contribution in [0.4, 0.5) is 0 Å². The van der Waals surface area contributed by atoms with Gasteiger partial charge >= 0.3 is 0 Å². The first-order chi connectivity index (χ1) is 9.60. The number of nitrogens with one attached hydrogen (secondary N) is 1. The Morgan fingerprint density at radius 3 is 2.85 bits per heavy atom. The Morgan fingerprint density at radius 2 is 2.20 bits per heavy atom. The van der Waals surface area contributed by atoms with Gasteiger partial charge in [-0.25, -0.2) is 0 Å². The van der Waals surface area contributed by atoms with Crippen molar-refractivity contribution < 1.29 is 9.26 Å². The van der Waals surface area contributed by atoms with Crippen LogP contribution in [0.2, 0.25) is 0 Å². The zero-order valence-corrected chi connectivity index (χ0v) is 13.4. The van der Waals surface area contributed by atoms with Crippen molar-refractivity contribution in [3.8, 4) is 5.75 Å². The van der Waals surface area contributed by atoms with Gasteiger partial charge in [-0.2, -0.15) is 4.98 Å². The summed E-state index contributed by atoms with van der Waals surface area (Å²) in [6.45, 7) is 5.06. The van der Waals surface area contributed by atoms with Crippen LogP contribution in [-0.2, 0) is 13.2 Å². The van der Waals surface area contributed by atoms with Crippen molar-refractivity contribution >= 4 is 15.9 Å². The van der Waals surface area contributed by atoms with E-state index in [1.54, 1.807) is 0 Å². The molecule has 1 heterocycles. The summed E-state index contributed by atoms with van der Waals surface area (Å²) >= 11 is 3.46. The van der Waals surface area contributed by atoms with Gasteiger partial charge in [0.15, 0.2) is 6.61 Å². The van der Waals surface area contributed by atoms with Crippen molar-refractivity contribution in [3.05, 3.63) is 40.0 Å². The van der Waals surface area contributed by atoms with Gasteiger partial charge in [0.25, 0.3) is 0 Å². The topological polar surface area (TPSA) is 60.2 Å². The largest absolute Gasteiger partial charge is 0.485 e. The predicted octanol–water partition coefficient (Wildman–Crippen LogP) is 3.25. The van der Waals surface area contributed by atoms with E-state index in [-0.39, 0.29) is 5.92 Å². The second-order valence-corrected chi connectivity index (χ2v) is 5.69. The number of hydrogen-bond acceptors (Lipinski definition) is 5. The molecule has 0 bridgehead atoms. The van der Waals surface area contributed by atoms with E-state index in [0.29, 0.717) is 18.3 Å². The van der Waals surface area contributed by atoms with E-state index in [4.69, 9.17) is 9.26 Å². The van der Waals surface area contributed by atoms with Crippen LogP contribution in [-0.4, -0.2) is 17.2 Å². The van der Waals surface area contributed by atoms with Crippen molar-refractivity contribution in [2.75, 3.05) is 7.05 Å². The molecule has 20 heavy (non-hydrogen) atoms. The maximum absolute atomic E-state index is 5.78. The molecule has 2 aromatic rings. The maximum Gasteiger partial charge on any atom is 0.229 e. The van der Waals surface area contributed by atoms with Gasteiger partial charge in [0, 0.05) is 22.5 Å².